The van der Waals surface area contributed by atoms with Gasteiger partial charge in [0.1, 0.15) is 5.01 Å². The highest BCUT2D eigenvalue weighted by molar-refractivity contribution is 7.18. The van der Waals surface area contributed by atoms with Crippen LogP contribution < -0.4 is 11.1 Å². The van der Waals surface area contributed by atoms with E-state index in [0.29, 0.717) is 0 Å². The lowest BCUT2D eigenvalue weighted by Crippen LogP contribution is -2.12. The minimum absolute atomic E-state index is 0.788. The van der Waals surface area contributed by atoms with Crippen LogP contribution in [0.5, 0.6) is 0 Å². The van der Waals surface area contributed by atoms with Gasteiger partial charge in [-0.3, -0.25) is 0 Å². The largest absolute Gasteiger partial charge is 0.398 e. The molecule has 18 heavy (non-hydrogen) atoms. The van der Waals surface area contributed by atoms with E-state index in [2.05, 4.69) is 16.4 Å². The van der Waals surface area contributed by atoms with E-state index in [-0.39, 0.29) is 0 Å². The molecular weight excluding hydrogens is 262 g/mol. The minimum atomic E-state index is 0.788. The summed E-state index contributed by atoms with van der Waals surface area (Å²) in [5.41, 5.74) is 7.79. The van der Waals surface area contributed by atoms with E-state index in [1.54, 1.807) is 22.7 Å². The summed E-state index contributed by atoms with van der Waals surface area (Å²) in [6, 6.07) is 10.2. The summed E-state index contributed by atoms with van der Waals surface area (Å²) in [6.07, 6.45) is 0. The van der Waals surface area contributed by atoms with Crippen molar-refractivity contribution in [1.29, 1.82) is 0 Å². The van der Waals surface area contributed by atoms with Gasteiger partial charge in [-0.1, -0.05) is 12.1 Å². The molecule has 0 aliphatic heterocycles. The molecular formula is C13H13N3S2. The summed E-state index contributed by atoms with van der Waals surface area (Å²) in [5.74, 6) is 0. The highest BCUT2D eigenvalue weighted by Gasteiger charge is 2.04. The summed E-state index contributed by atoms with van der Waals surface area (Å²) in [7, 11) is 0. The molecule has 0 saturated carbocycles. The van der Waals surface area contributed by atoms with Crippen molar-refractivity contribution in [2.75, 3.05) is 5.73 Å². The van der Waals surface area contributed by atoms with E-state index in [9.17, 15) is 0 Å². The molecule has 3 rings (SSSR count). The first-order valence-electron chi connectivity index (χ1n) is 5.70. The van der Waals surface area contributed by atoms with E-state index in [0.717, 1.165) is 29.3 Å². The second-order valence-electron chi connectivity index (χ2n) is 3.98. The number of aromatic nitrogens is 1. The third-order valence-electron chi connectivity index (χ3n) is 2.68. The smallest absolute Gasteiger partial charge is 0.108 e. The molecule has 0 amide bonds. The van der Waals surface area contributed by atoms with Gasteiger partial charge < -0.3 is 11.1 Å². The summed E-state index contributed by atoms with van der Waals surface area (Å²) in [5, 5.41) is 6.52. The number of nitrogens with one attached hydrogen (secondary N) is 1. The Kier molecular flexibility index (Phi) is 3.27. The van der Waals surface area contributed by atoms with Crippen molar-refractivity contribution >= 4 is 38.6 Å². The number of fused-ring (bicyclic) bond motifs is 1. The maximum absolute atomic E-state index is 5.84. The average molecular weight is 275 g/mol. The first kappa shape index (κ1) is 11.6. The van der Waals surface area contributed by atoms with Gasteiger partial charge >= 0.3 is 0 Å². The van der Waals surface area contributed by atoms with Gasteiger partial charge in [0.05, 0.1) is 10.2 Å². The Morgan fingerprint density at radius 1 is 1.17 bits per heavy atom. The zero-order chi connectivity index (χ0) is 12.4. The summed E-state index contributed by atoms with van der Waals surface area (Å²) < 4.78 is 1.24. The van der Waals surface area contributed by atoms with Crippen LogP contribution in [0.25, 0.3) is 10.2 Å². The topological polar surface area (TPSA) is 50.9 Å². The van der Waals surface area contributed by atoms with Crippen molar-refractivity contribution in [1.82, 2.24) is 10.3 Å². The fraction of sp³-hybridized carbons (Fsp3) is 0.154. The molecule has 0 atom stereocenters. The predicted molar refractivity (Wildman–Crippen MR) is 78.9 cm³/mol. The van der Waals surface area contributed by atoms with E-state index in [1.807, 2.05) is 29.6 Å². The lowest BCUT2D eigenvalue weighted by molar-refractivity contribution is 0.699. The number of nitrogens with two attached hydrogens (primary N) is 1. The zero-order valence-electron chi connectivity index (χ0n) is 9.72. The molecule has 3 N–H and O–H groups in total. The van der Waals surface area contributed by atoms with E-state index < -0.39 is 0 Å². The van der Waals surface area contributed by atoms with Crippen LogP contribution in [0.4, 0.5) is 5.69 Å². The molecule has 0 aliphatic carbocycles. The Morgan fingerprint density at radius 3 is 2.83 bits per heavy atom. The Bertz CT molecular complexity index is 624. The SMILES string of the molecule is Nc1ccsc1CNCc1nc2ccccc2s1. The minimum Gasteiger partial charge on any atom is -0.398 e. The molecule has 0 radical (unpaired) electrons. The van der Waals surface area contributed by atoms with E-state index in [1.165, 1.54) is 9.58 Å². The molecule has 1 aromatic carbocycles. The van der Waals surface area contributed by atoms with Crippen molar-refractivity contribution in [3.63, 3.8) is 0 Å². The van der Waals surface area contributed by atoms with Gasteiger partial charge in [0, 0.05) is 23.7 Å². The second-order valence-corrected chi connectivity index (χ2v) is 6.09. The third-order valence-corrected chi connectivity index (χ3v) is 4.65. The predicted octanol–water partition coefficient (Wildman–Crippen LogP) is 3.23. The standard InChI is InChI=1S/C13H13N3S2/c14-9-5-6-17-12(9)7-15-8-13-16-10-3-1-2-4-11(10)18-13/h1-6,15H,7-8,14H2. The van der Waals surface area contributed by atoms with Gasteiger partial charge in [0.15, 0.2) is 0 Å². The Labute approximate surface area is 113 Å². The quantitative estimate of drug-likeness (QED) is 0.768. The van der Waals surface area contributed by atoms with Gasteiger partial charge in [-0.25, -0.2) is 4.98 Å². The fourth-order valence-corrected chi connectivity index (χ4v) is 3.48. The summed E-state index contributed by atoms with van der Waals surface area (Å²) in [4.78, 5) is 5.77. The number of rotatable bonds is 4. The highest BCUT2D eigenvalue weighted by atomic mass is 32.1. The van der Waals surface area contributed by atoms with Gasteiger partial charge in [0.2, 0.25) is 0 Å². The van der Waals surface area contributed by atoms with Crippen molar-refractivity contribution in [2.24, 2.45) is 0 Å². The molecule has 2 heterocycles. The van der Waals surface area contributed by atoms with Gasteiger partial charge in [-0.15, -0.1) is 22.7 Å². The number of para-hydroxylation sites is 1. The third kappa shape index (κ3) is 2.38. The van der Waals surface area contributed by atoms with E-state index in [4.69, 9.17) is 5.73 Å². The number of hydrogen-bond donors (Lipinski definition) is 2. The number of anilines is 1. The lowest BCUT2D eigenvalue weighted by Gasteiger charge is -2.00. The van der Waals surface area contributed by atoms with Gasteiger partial charge in [-0.05, 0) is 23.6 Å². The molecule has 5 heteroatoms. The Hall–Kier alpha value is -1.43. The van der Waals surface area contributed by atoms with Crippen LogP contribution in [0.2, 0.25) is 0 Å². The number of thiophene rings is 1. The highest BCUT2D eigenvalue weighted by Crippen LogP contribution is 2.22. The van der Waals surface area contributed by atoms with Crippen molar-refractivity contribution in [3.05, 3.63) is 45.6 Å². The van der Waals surface area contributed by atoms with Crippen molar-refractivity contribution in [3.8, 4) is 0 Å². The number of benzene rings is 1. The monoisotopic (exact) mass is 275 g/mol. The van der Waals surface area contributed by atoms with Crippen LogP contribution in [-0.2, 0) is 13.1 Å². The van der Waals surface area contributed by atoms with Crippen LogP contribution in [0.15, 0.2) is 35.7 Å². The fourth-order valence-electron chi connectivity index (χ4n) is 1.77. The lowest BCUT2D eigenvalue weighted by atomic mass is 10.3. The van der Waals surface area contributed by atoms with Crippen LogP contribution in [0, 0.1) is 0 Å². The second kappa shape index (κ2) is 5.06. The molecule has 92 valence electrons. The van der Waals surface area contributed by atoms with Crippen LogP contribution in [0.1, 0.15) is 9.88 Å². The van der Waals surface area contributed by atoms with Crippen LogP contribution >= 0.6 is 22.7 Å². The molecule has 3 nitrogen and oxygen atoms in total. The first-order valence-corrected chi connectivity index (χ1v) is 7.39. The number of thiazole rings is 1. The van der Waals surface area contributed by atoms with Crippen LogP contribution in [-0.4, -0.2) is 4.98 Å². The molecule has 2 aromatic heterocycles. The van der Waals surface area contributed by atoms with E-state index >= 15 is 0 Å². The normalized spacial score (nSPS) is 11.1. The van der Waals surface area contributed by atoms with Crippen LogP contribution in [0.3, 0.4) is 0 Å². The van der Waals surface area contributed by atoms with Gasteiger partial charge in [-0.2, -0.15) is 0 Å². The first-order chi connectivity index (χ1) is 8.83. The summed E-state index contributed by atoms with van der Waals surface area (Å²) in [6.45, 7) is 1.59. The van der Waals surface area contributed by atoms with Crippen molar-refractivity contribution < 1.29 is 0 Å². The maximum atomic E-state index is 5.84. The Morgan fingerprint density at radius 2 is 2.06 bits per heavy atom. The maximum Gasteiger partial charge on any atom is 0.108 e. The average Bonchev–Trinajstić information content (AvgIpc) is 2.96. The number of hydrogen-bond acceptors (Lipinski definition) is 5. The molecule has 0 saturated heterocycles. The van der Waals surface area contributed by atoms with Gasteiger partial charge in [0.25, 0.3) is 0 Å². The number of nitrogen functional groups attached to an aromatic ring is 1. The summed E-state index contributed by atoms with van der Waals surface area (Å²) >= 11 is 3.42. The molecule has 0 spiro atoms. The number of nitrogens with zero attached hydrogens (tertiary/aromatic N) is 1. The molecule has 0 bridgehead atoms. The Balaban J connectivity index is 1.65. The molecule has 0 aliphatic rings. The molecule has 0 unspecified atom stereocenters. The zero-order valence-corrected chi connectivity index (χ0v) is 11.4. The van der Waals surface area contributed by atoms with Crippen molar-refractivity contribution in [2.45, 2.75) is 13.1 Å². The molecule has 3 aromatic rings. The molecule has 0 fully saturated rings.